The maximum atomic E-state index is 14.3. The average molecular weight is 651 g/mol. The van der Waals surface area contributed by atoms with E-state index in [4.69, 9.17) is 19.2 Å². The second kappa shape index (κ2) is 12.1. The van der Waals surface area contributed by atoms with E-state index in [9.17, 15) is 9.59 Å². The van der Waals surface area contributed by atoms with Gasteiger partial charge in [-0.3, -0.25) is 14.2 Å². The largest absolute Gasteiger partial charge is 0.496 e. The topological polar surface area (TPSA) is 82.4 Å². The molecule has 1 aromatic heterocycles. The second-order valence-corrected chi connectivity index (χ2v) is 11.6. The Morgan fingerprint density at radius 3 is 2.43 bits per heavy atom. The minimum Gasteiger partial charge on any atom is -0.496 e. The van der Waals surface area contributed by atoms with E-state index in [0.29, 0.717) is 55.4 Å². The van der Waals surface area contributed by atoms with E-state index < -0.39 is 6.04 Å². The molecule has 4 aromatic rings. The van der Waals surface area contributed by atoms with Gasteiger partial charge in [-0.05, 0) is 77.3 Å². The van der Waals surface area contributed by atoms with Crippen molar-refractivity contribution in [2.75, 3.05) is 34.4 Å². The minimum absolute atomic E-state index is 0.153. The fourth-order valence-corrected chi connectivity index (χ4v) is 7.13. The fourth-order valence-electron chi connectivity index (χ4n) is 5.46. The number of amides is 1. The molecule has 5 rings (SSSR count). The lowest BCUT2D eigenvalue weighted by Gasteiger charge is -2.30. The number of aromatic nitrogens is 1. The highest BCUT2D eigenvalue weighted by Crippen LogP contribution is 2.41. The molecule has 8 nitrogen and oxygen atoms in total. The number of thiazole rings is 1. The molecule has 0 saturated heterocycles. The van der Waals surface area contributed by atoms with Crippen molar-refractivity contribution in [3.63, 3.8) is 0 Å². The summed E-state index contributed by atoms with van der Waals surface area (Å²) >= 11 is 4.82. The highest BCUT2D eigenvalue weighted by Gasteiger charge is 2.36. The van der Waals surface area contributed by atoms with Crippen molar-refractivity contribution in [3.05, 3.63) is 95.1 Å². The Bertz CT molecular complexity index is 1910. The first-order valence-corrected chi connectivity index (χ1v) is 15.2. The predicted octanol–water partition coefficient (Wildman–Crippen LogP) is 5.05. The van der Waals surface area contributed by atoms with Gasteiger partial charge < -0.3 is 19.1 Å². The Balaban J connectivity index is 1.83. The van der Waals surface area contributed by atoms with Crippen LogP contribution in [0.15, 0.2) is 74.1 Å². The number of carbonyl (C=O) groups is 1. The van der Waals surface area contributed by atoms with E-state index >= 15 is 0 Å². The van der Waals surface area contributed by atoms with Gasteiger partial charge in [0.05, 0.1) is 41.6 Å². The SMILES string of the molecule is CCN(CC)C(=O)C1=C(C)N=c2s/c(=C/c3cc(Br)c(OC)c(OC)c3)c(=O)n2[C@@H]1c1c(OC)ccc2ccccc12. The average Bonchev–Trinajstić information content (AvgIpc) is 3.29. The summed E-state index contributed by atoms with van der Waals surface area (Å²) in [6.07, 6.45) is 1.80. The van der Waals surface area contributed by atoms with Crippen LogP contribution >= 0.6 is 27.3 Å². The predicted molar refractivity (Wildman–Crippen MR) is 169 cm³/mol. The number of rotatable bonds is 8. The summed E-state index contributed by atoms with van der Waals surface area (Å²) in [6, 6.07) is 14.7. The van der Waals surface area contributed by atoms with Crippen molar-refractivity contribution in [2.45, 2.75) is 26.8 Å². The first-order chi connectivity index (χ1) is 20.3. The highest BCUT2D eigenvalue weighted by molar-refractivity contribution is 9.10. The van der Waals surface area contributed by atoms with Crippen LogP contribution in [0.25, 0.3) is 16.8 Å². The van der Waals surface area contributed by atoms with Gasteiger partial charge in [-0.15, -0.1) is 0 Å². The summed E-state index contributed by atoms with van der Waals surface area (Å²) < 4.78 is 19.6. The van der Waals surface area contributed by atoms with Crippen molar-refractivity contribution in [1.29, 1.82) is 0 Å². The third-order valence-electron chi connectivity index (χ3n) is 7.48. The zero-order chi connectivity index (χ0) is 30.1. The number of methoxy groups -OCH3 is 3. The lowest BCUT2D eigenvalue weighted by Crippen LogP contribution is -2.43. The molecule has 0 bridgehead atoms. The molecular weight excluding hydrogens is 618 g/mol. The lowest BCUT2D eigenvalue weighted by atomic mass is 9.90. The van der Waals surface area contributed by atoms with Crippen molar-refractivity contribution in [3.8, 4) is 17.2 Å². The highest BCUT2D eigenvalue weighted by atomic mass is 79.9. The normalized spacial score (nSPS) is 14.9. The Labute approximate surface area is 256 Å². The number of ether oxygens (including phenoxy) is 3. The van der Waals surface area contributed by atoms with Crippen LogP contribution in [0.2, 0.25) is 0 Å². The van der Waals surface area contributed by atoms with E-state index in [-0.39, 0.29) is 11.5 Å². The van der Waals surface area contributed by atoms with Crippen molar-refractivity contribution >= 4 is 50.0 Å². The van der Waals surface area contributed by atoms with E-state index in [1.54, 1.807) is 36.9 Å². The van der Waals surface area contributed by atoms with Gasteiger partial charge in [-0.1, -0.05) is 41.7 Å². The quantitative estimate of drug-likeness (QED) is 0.267. The number of halogens is 1. The first kappa shape index (κ1) is 29.6. The van der Waals surface area contributed by atoms with Gasteiger partial charge in [0.1, 0.15) is 11.8 Å². The maximum absolute atomic E-state index is 14.3. The third-order valence-corrected chi connectivity index (χ3v) is 9.05. The van der Waals surface area contributed by atoms with Crippen LogP contribution in [0.4, 0.5) is 0 Å². The lowest BCUT2D eigenvalue weighted by molar-refractivity contribution is -0.127. The molecule has 0 unspecified atom stereocenters. The molecule has 2 heterocycles. The van der Waals surface area contributed by atoms with Gasteiger partial charge >= 0.3 is 0 Å². The number of fused-ring (bicyclic) bond motifs is 2. The molecule has 1 aliphatic heterocycles. The molecule has 0 saturated carbocycles. The Hall–Kier alpha value is -3.89. The Morgan fingerprint density at radius 1 is 1.05 bits per heavy atom. The first-order valence-electron chi connectivity index (χ1n) is 13.6. The van der Waals surface area contributed by atoms with Crippen molar-refractivity contribution in [1.82, 2.24) is 9.47 Å². The molecule has 0 fully saturated rings. The zero-order valence-corrected chi connectivity index (χ0v) is 26.8. The van der Waals surface area contributed by atoms with Gasteiger partial charge in [-0.25, -0.2) is 4.99 Å². The maximum Gasteiger partial charge on any atom is 0.271 e. The molecule has 3 aromatic carbocycles. The zero-order valence-electron chi connectivity index (χ0n) is 24.4. The number of carbonyl (C=O) groups excluding carboxylic acids is 1. The smallest absolute Gasteiger partial charge is 0.271 e. The number of hydrogen-bond donors (Lipinski definition) is 0. The van der Waals surface area contributed by atoms with E-state index in [1.165, 1.54) is 11.3 Å². The number of benzene rings is 3. The van der Waals surface area contributed by atoms with Gasteiger partial charge in [-0.2, -0.15) is 0 Å². The molecule has 0 aliphatic carbocycles. The number of hydrogen-bond acceptors (Lipinski definition) is 7. The third kappa shape index (κ3) is 5.03. The summed E-state index contributed by atoms with van der Waals surface area (Å²) in [5.41, 5.74) is 2.29. The van der Waals surface area contributed by atoms with Crippen LogP contribution in [0.1, 0.15) is 37.9 Å². The van der Waals surface area contributed by atoms with E-state index in [2.05, 4.69) is 15.9 Å². The van der Waals surface area contributed by atoms with E-state index in [1.807, 2.05) is 69.3 Å². The number of nitrogens with zero attached hydrogens (tertiary/aromatic N) is 3. The van der Waals surface area contributed by atoms with Crippen molar-refractivity contribution < 1.29 is 19.0 Å². The van der Waals surface area contributed by atoms with Crippen molar-refractivity contribution in [2.24, 2.45) is 4.99 Å². The van der Waals surface area contributed by atoms with Crippen LogP contribution in [0.5, 0.6) is 17.2 Å². The molecule has 218 valence electrons. The molecule has 1 atom stereocenters. The van der Waals surface area contributed by atoms with Gasteiger partial charge in [0, 0.05) is 18.7 Å². The monoisotopic (exact) mass is 649 g/mol. The standard InChI is InChI=1S/C32H32BrN3O5S/c1-7-35(8-2)31(38)26-18(3)34-32-36(28(26)27-21-12-10-9-11-20(21)13-14-23(27)39-4)30(37)25(42-32)17-19-15-22(33)29(41-6)24(16-19)40-5/h9-17,28H,7-8H2,1-6H3/b25-17+/t28-/m0/s1. The summed E-state index contributed by atoms with van der Waals surface area (Å²) in [5.74, 6) is 1.54. The fraction of sp³-hybridized carbons (Fsp3) is 0.281. The molecule has 0 spiro atoms. The van der Waals surface area contributed by atoms with E-state index in [0.717, 1.165) is 21.9 Å². The van der Waals surface area contributed by atoms with Gasteiger partial charge in [0.15, 0.2) is 16.3 Å². The number of allylic oxidation sites excluding steroid dienone is 1. The van der Waals surface area contributed by atoms with Crippen LogP contribution in [-0.2, 0) is 4.79 Å². The molecule has 42 heavy (non-hydrogen) atoms. The molecule has 1 aliphatic rings. The van der Waals surface area contributed by atoms with Crippen LogP contribution in [-0.4, -0.2) is 49.8 Å². The Kier molecular flexibility index (Phi) is 8.56. The molecular formula is C32H32BrN3O5S. The summed E-state index contributed by atoms with van der Waals surface area (Å²) in [7, 11) is 4.74. The number of likely N-dealkylation sites (N-methyl/N-ethyl adjacent to an activating group) is 1. The van der Waals surface area contributed by atoms with Gasteiger partial charge in [0.25, 0.3) is 11.5 Å². The van der Waals surface area contributed by atoms with Crippen LogP contribution in [0, 0.1) is 0 Å². The molecule has 0 N–H and O–H groups in total. The van der Waals surface area contributed by atoms with Crippen LogP contribution < -0.4 is 29.1 Å². The van der Waals surface area contributed by atoms with Gasteiger partial charge in [0.2, 0.25) is 0 Å². The minimum atomic E-state index is -0.741. The van der Waals surface area contributed by atoms with Crippen LogP contribution in [0.3, 0.4) is 0 Å². The summed E-state index contributed by atoms with van der Waals surface area (Å²) in [4.78, 5) is 35.5. The molecule has 1 amide bonds. The molecule has 10 heteroatoms. The summed E-state index contributed by atoms with van der Waals surface area (Å²) in [5, 5.41) is 1.88. The summed E-state index contributed by atoms with van der Waals surface area (Å²) in [6.45, 7) is 6.79. The Morgan fingerprint density at radius 2 is 1.76 bits per heavy atom. The second-order valence-electron chi connectivity index (χ2n) is 9.70. The molecule has 0 radical (unpaired) electrons.